The van der Waals surface area contributed by atoms with E-state index in [1.165, 1.54) is 76.6 Å². The second kappa shape index (κ2) is 12.8. The van der Waals surface area contributed by atoms with Crippen LogP contribution in [0.25, 0.3) is 89.2 Å². The molecule has 7 aromatic carbocycles. The van der Waals surface area contributed by atoms with Gasteiger partial charge in [0.25, 0.3) is 0 Å². The van der Waals surface area contributed by atoms with Gasteiger partial charge in [-0.05, 0) is 99.8 Å². The van der Waals surface area contributed by atoms with Crippen molar-refractivity contribution in [3.8, 4) is 67.3 Å². The van der Waals surface area contributed by atoms with Crippen LogP contribution in [-0.4, -0.2) is 9.97 Å². The lowest BCUT2D eigenvalue weighted by Crippen LogP contribution is -2.28. The molecule has 1 spiro atoms. The van der Waals surface area contributed by atoms with Crippen LogP contribution in [0.2, 0.25) is 0 Å². The molecule has 1 saturated carbocycles. The zero-order chi connectivity index (χ0) is 36.3. The first kappa shape index (κ1) is 31.9. The van der Waals surface area contributed by atoms with Gasteiger partial charge in [-0.15, -0.1) is 0 Å². The second-order valence-electron chi connectivity index (χ2n) is 15.2. The monoisotopic (exact) mass is 706 g/mol. The average molecular weight is 707 g/mol. The third-order valence-corrected chi connectivity index (χ3v) is 12.1. The minimum absolute atomic E-state index is 0.125. The van der Waals surface area contributed by atoms with Crippen LogP contribution in [-0.2, 0) is 5.41 Å². The Labute approximate surface area is 321 Å². The number of rotatable bonds is 5. The maximum Gasteiger partial charge on any atom is 0.160 e. The van der Waals surface area contributed by atoms with Crippen molar-refractivity contribution in [2.24, 2.45) is 0 Å². The molecule has 262 valence electrons. The molecule has 3 heteroatoms. The Bertz CT molecular complexity index is 2880. The van der Waals surface area contributed by atoms with Crippen LogP contribution in [0.5, 0.6) is 0 Å². The fraction of sp³-hybridized carbons (Fsp3) is 0.115. The fourth-order valence-corrected chi connectivity index (χ4v) is 9.37. The Morgan fingerprint density at radius 1 is 0.382 bits per heavy atom. The Balaban J connectivity index is 1.01. The van der Waals surface area contributed by atoms with E-state index in [-0.39, 0.29) is 5.41 Å². The number of aromatic nitrogens is 2. The number of hydrogen-bond donors (Lipinski definition) is 0. The van der Waals surface area contributed by atoms with E-state index in [0.717, 1.165) is 50.0 Å². The van der Waals surface area contributed by atoms with Gasteiger partial charge in [0, 0.05) is 32.9 Å². The van der Waals surface area contributed by atoms with E-state index < -0.39 is 0 Å². The van der Waals surface area contributed by atoms with Gasteiger partial charge in [-0.1, -0.05) is 147 Å². The molecule has 2 aliphatic carbocycles. The van der Waals surface area contributed by atoms with Gasteiger partial charge in [-0.3, -0.25) is 0 Å². The van der Waals surface area contributed by atoms with Gasteiger partial charge >= 0.3 is 0 Å². The molecule has 2 aromatic heterocycles. The Kier molecular flexibility index (Phi) is 7.41. The van der Waals surface area contributed by atoms with Gasteiger partial charge in [0.15, 0.2) is 5.82 Å². The highest BCUT2D eigenvalue weighted by atomic mass is 16.3. The zero-order valence-corrected chi connectivity index (χ0v) is 30.5. The van der Waals surface area contributed by atoms with Crippen molar-refractivity contribution in [3.63, 3.8) is 0 Å². The van der Waals surface area contributed by atoms with Crippen LogP contribution in [0.15, 0.2) is 174 Å². The third kappa shape index (κ3) is 5.33. The third-order valence-electron chi connectivity index (χ3n) is 12.1. The van der Waals surface area contributed by atoms with Gasteiger partial charge < -0.3 is 4.42 Å². The molecular formula is C52H38N2O. The van der Waals surface area contributed by atoms with Crippen LogP contribution < -0.4 is 0 Å². The van der Waals surface area contributed by atoms with Crippen molar-refractivity contribution in [1.82, 2.24) is 9.97 Å². The Hall–Kier alpha value is -6.58. The Morgan fingerprint density at radius 2 is 0.909 bits per heavy atom. The summed E-state index contributed by atoms with van der Waals surface area (Å²) in [6.45, 7) is 0. The maximum atomic E-state index is 6.44. The SMILES string of the molecule is c1ccc(-c2ccc(-c3cc(-c4ccc5oc6ccc(-c7ccc8c(c7)C7(CCCCC7)c7ccccc7-8)cc6c5c4)nc(-c4ccccc4)n3)cc2)cc1. The fourth-order valence-electron chi connectivity index (χ4n) is 9.37. The summed E-state index contributed by atoms with van der Waals surface area (Å²) in [5, 5.41) is 2.19. The van der Waals surface area contributed by atoms with Crippen molar-refractivity contribution >= 4 is 21.9 Å². The summed E-state index contributed by atoms with van der Waals surface area (Å²) in [7, 11) is 0. The predicted molar refractivity (Wildman–Crippen MR) is 226 cm³/mol. The number of hydrogen-bond acceptors (Lipinski definition) is 3. The lowest BCUT2D eigenvalue weighted by molar-refractivity contribution is 0.353. The molecule has 0 aliphatic heterocycles. The molecule has 3 nitrogen and oxygen atoms in total. The smallest absolute Gasteiger partial charge is 0.160 e. The molecule has 0 bridgehead atoms. The first-order valence-electron chi connectivity index (χ1n) is 19.5. The molecule has 0 atom stereocenters. The second-order valence-corrected chi connectivity index (χ2v) is 15.2. The highest BCUT2D eigenvalue weighted by molar-refractivity contribution is 6.07. The van der Waals surface area contributed by atoms with E-state index in [9.17, 15) is 0 Å². The van der Waals surface area contributed by atoms with Crippen molar-refractivity contribution in [2.75, 3.05) is 0 Å². The van der Waals surface area contributed by atoms with Crippen LogP contribution in [0.3, 0.4) is 0 Å². The zero-order valence-electron chi connectivity index (χ0n) is 30.5. The van der Waals surface area contributed by atoms with E-state index >= 15 is 0 Å². The van der Waals surface area contributed by atoms with E-state index in [1.54, 1.807) is 0 Å². The number of benzene rings is 7. The topological polar surface area (TPSA) is 38.9 Å². The van der Waals surface area contributed by atoms with Gasteiger partial charge in [0.2, 0.25) is 0 Å². The normalized spacial score (nSPS) is 14.3. The predicted octanol–water partition coefficient (Wildman–Crippen LogP) is 13.9. The van der Waals surface area contributed by atoms with Crippen molar-refractivity contribution in [1.29, 1.82) is 0 Å². The van der Waals surface area contributed by atoms with Crippen LogP contribution in [0.4, 0.5) is 0 Å². The van der Waals surface area contributed by atoms with Crippen LogP contribution >= 0.6 is 0 Å². The molecule has 55 heavy (non-hydrogen) atoms. The maximum absolute atomic E-state index is 6.44. The number of furan rings is 1. The molecule has 0 N–H and O–H groups in total. The summed E-state index contributed by atoms with van der Waals surface area (Å²) in [6.07, 6.45) is 6.36. The molecular weight excluding hydrogens is 669 g/mol. The molecule has 0 amide bonds. The highest BCUT2D eigenvalue weighted by Crippen LogP contribution is 2.56. The van der Waals surface area contributed by atoms with Crippen molar-refractivity contribution in [2.45, 2.75) is 37.5 Å². The summed E-state index contributed by atoms with van der Waals surface area (Å²) in [5.41, 5.74) is 17.4. The standard InChI is InChI=1S/C52H38N2O/c1-4-12-34(13-5-1)35-18-20-36(21-19-35)47-33-48(54-51(53-47)37-14-6-2-7-15-37)40-24-27-50-44(31-40)43-30-38(23-26-49(43)55-50)39-22-25-42-41-16-8-9-17-45(41)52(46(42)32-39)28-10-3-11-29-52/h1-2,4-9,12-27,30-33H,3,10-11,28-29H2. The Morgan fingerprint density at radius 3 is 1.65 bits per heavy atom. The summed E-state index contributed by atoms with van der Waals surface area (Å²) >= 11 is 0. The minimum atomic E-state index is 0.125. The largest absolute Gasteiger partial charge is 0.456 e. The molecule has 0 saturated heterocycles. The first-order chi connectivity index (χ1) is 27.2. The molecule has 0 unspecified atom stereocenters. The van der Waals surface area contributed by atoms with E-state index in [2.05, 4.69) is 146 Å². The molecule has 11 rings (SSSR count). The first-order valence-corrected chi connectivity index (χ1v) is 19.5. The molecule has 9 aromatic rings. The number of fused-ring (bicyclic) bond motifs is 8. The van der Waals surface area contributed by atoms with Gasteiger partial charge in [-0.25, -0.2) is 9.97 Å². The van der Waals surface area contributed by atoms with Crippen molar-refractivity contribution in [3.05, 3.63) is 181 Å². The average Bonchev–Trinajstić information content (AvgIpc) is 3.76. The van der Waals surface area contributed by atoms with Crippen LogP contribution in [0, 0.1) is 0 Å². The molecule has 0 radical (unpaired) electrons. The van der Waals surface area contributed by atoms with E-state index in [1.807, 2.05) is 24.3 Å². The summed E-state index contributed by atoms with van der Waals surface area (Å²) < 4.78 is 6.44. The molecule has 2 aliphatic rings. The lowest BCUT2D eigenvalue weighted by Gasteiger charge is -2.36. The van der Waals surface area contributed by atoms with Gasteiger partial charge in [0.05, 0.1) is 11.4 Å². The summed E-state index contributed by atoms with van der Waals surface area (Å²) in [6, 6.07) is 60.9. The van der Waals surface area contributed by atoms with Gasteiger partial charge in [0.1, 0.15) is 11.2 Å². The molecule has 1 fully saturated rings. The van der Waals surface area contributed by atoms with E-state index in [4.69, 9.17) is 14.4 Å². The number of nitrogens with zero attached hydrogens (tertiary/aromatic N) is 2. The highest BCUT2D eigenvalue weighted by Gasteiger charge is 2.43. The van der Waals surface area contributed by atoms with Crippen molar-refractivity contribution < 1.29 is 4.42 Å². The molecule has 2 heterocycles. The van der Waals surface area contributed by atoms with Crippen LogP contribution in [0.1, 0.15) is 43.2 Å². The van der Waals surface area contributed by atoms with Gasteiger partial charge in [-0.2, -0.15) is 0 Å². The quantitative estimate of drug-likeness (QED) is 0.179. The minimum Gasteiger partial charge on any atom is -0.456 e. The van der Waals surface area contributed by atoms with E-state index in [0.29, 0.717) is 5.82 Å². The lowest BCUT2D eigenvalue weighted by atomic mass is 9.67. The summed E-state index contributed by atoms with van der Waals surface area (Å²) in [5.74, 6) is 0.703. The summed E-state index contributed by atoms with van der Waals surface area (Å²) in [4.78, 5) is 10.2.